The quantitative estimate of drug-likeness (QED) is 0.782. The monoisotopic (exact) mass is 302 g/mol. The Morgan fingerprint density at radius 1 is 1.24 bits per heavy atom. The van der Waals surface area contributed by atoms with Gasteiger partial charge in [-0.15, -0.1) is 11.3 Å². The molecular formula is C15H11FN2O2S. The minimum absolute atomic E-state index is 0.0416. The van der Waals surface area contributed by atoms with E-state index in [1.54, 1.807) is 0 Å². The van der Waals surface area contributed by atoms with E-state index in [0.717, 1.165) is 15.6 Å². The number of carboxylic acids is 1. The maximum Gasteiger partial charge on any atom is 0.336 e. The lowest BCUT2D eigenvalue weighted by molar-refractivity contribution is 0.0699. The first-order chi connectivity index (χ1) is 9.95. The number of pyridine rings is 1. The first kappa shape index (κ1) is 13.6. The van der Waals surface area contributed by atoms with Crippen LogP contribution in [-0.4, -0.2) is 21.0 Å². The molecule has 0 amide bonds. The molecule has 0 radical (unpaired) electrons. The van der Waals surface area contributed by atoms with Gasteiger partial charge in [-0.2, -0.15) is 0 Å². The van der Waals surface area contributed by atoms with Gasteiger partial charge in [0.2, 0.25) is 0 Å². The van der Waals surface area contributed by atoms with Crippen LogP contribution in [0.5, 0.6) is 0 Å². The van der Waals surface area contributed by atoms with Crippen LogP contribution in [0, 0.1) is 19.7 Å². The number of aromatic nitrogens is 2. The number of thiazole rings is 1. The maximum atomic E-state index is 13.3. The molecule has 0 bridgehead atoms. The van der Waals surface area contributed by atoms with Gasteiger partial charge in [0.05, 0.1) is 32.4 Å². The zero-order valence-electron chi connectivity index (χ0n) is 11.3. The molecule has 0 unspecified atom stereocenters. The smallest absolute Gasteiger partial charge is 0.336 e. The molecule has 21 heavy (non-hydrogen) atoms. The first-order valence-corrected chi connectivity index (χ1v) is 7.05. The lowest BCUT2D eigenvalue weighted by atomic mass is 10.1. The number of benzene rings is 1. The van der Waals surface area contributed by atoms with E-state index in [-0.39, 0.29) is 5.56 Å². The van der Waals surface area contributed by atoms with Crippen LogP contribution in [0.15, 0.2) is 24.3 Å². The number of fused-ring (bicyclic) bond motifs is 1. The van der Waals surface area contributed by atoms with Crippen molar-refractivity contribution in [1.29, 1.82) is 0 Å². The van der Waals surface area contributed by atoms with Gasteiger partial charge in [-0.25, -0.2) is 19.2 Å². The maximum absolute atomic E-state index is 13.3. The summed E-state index contributed by atoms with van der Waals surface area (Å²) in [6, 6.07) is 5.43. The Bertz CT molecular complexity index is 873. The molecule has 0 fully saturated rings. The summed E-state index contributed by atoms with van der Waals surface area (Å²) < 4.78 is 13.3. The highest BCUT2D eigenvalue weighted by molar-refractivity contribution is 7.15. The second kappa shape index (κ2) is 4.89. The molecule has 1 N–H and O–H groups in total. The van der Waals surface area contributed by atoms with Crippen LogP contribution >= 0.6 is 11.3 Å². The van der Waals surface area contributed by atoms with Crippen LogP contribution in [-0.2, 0) is 0 Å². The Morgan fingerprint density at radius 3 is 2.62 bits per heavy atom. The van der Waals surface area contributed by atoms with Gasteiger partial charge in [-0.1, -0.05) is 0 Å². The highest BCUT2D eigenvalue weighted by Crippen LogP contribution is 2.31. The minimum atomic E-state index is -1.10. The van der Waals surface area contributed by atoms with Crippen molar-refractivity contribution in [3.05, 3.63) is 46.3 Å². The van der Waals surface area contributed by atoms with Gasteiger partial charge in [-0.3, -0.25) is 0 Å². The van der Waals surface area contributed by atoms with E-state index in [1.165, 1.54) is 35.6 Å². The molecule has 3 aromatic rings. The molecule has 4 nitrogen and oxygen atoms in total. The van der Waals surface area contributed by atoms with Gasteiger partial charge in [0, 0.05) is 5.39 Å². The van der Waals surface area contributed by atoms with Crippen molar-refractivity contribution < 1.29 is 14.3 Å². The van der Waals surface area contributed by atoms with Crippen molar-refractivity contribution in [1.82, 2.24) is 9.97 Å². The molecule has 0 saturated heterocycles. The fourth-order valence-electron chi connectivity index (χ4n) is 2.26. The number of carboxylic acid groups (broad SMARTS) is 1. The summed E-state index contributed by atoms with van der Waals surface area (Å²) in [5.41, 5.74) is 1.86. The Labute approximate surface area is 123 Å². The fraction of sp³-hybridized carbons (Fsp3) is 0.133. The zero-order chi connectivity index (χ0) is 15.1. The zero-order valence-corrected chi connectivity index (χ0v) is 12.2. The third-order valence-corrected chi connectivity index (χ3v) is 4.23. The second-order valence-corrected chi connectivity index (χ2v) is 5.87. The highest BCUT2D eigenvalue weighted by Gasteiger charge is 2.16. The molecule has 0 spiro atoms. The molecule has 0 atom stereocenters. The van der Waals surface area contributed by atoms with Gasteiger partial charge in [0.1, 0.15) is 5.82 Å². The largest absolute Gasteiger partial charge is 0.478 e. The van der Waals surface area contributed by atoms with Crippen LogP contribution in [0.25, 0.3) is 21.5 Å². The second-order valence-electron chi connectivity index (χ2n) is 4.67. The van der Waals surface area contributed by atoms with Crippen molar-refractivity contribution in [2.45, 2.75) is 13.8 Å². The summed E-state index contributed by atoms with van der Waals surface area (Å²) in [4.78, 5) is 21.0. The molecule has 0 aliphatic heterocycles. The van der Waals surface area contributed by atoms with Crippen LogP contribution < -0.4 is 0 Å². The Hall–Kier alpha value is -2.34. The van der Waals surface area contributed by atoms with Gasteiger partial charge in [-0.05, 0) is 38.1 Å². The molecular weight excluding hydrogens is 291 g/mol. The number of carbonyl (C=O) groups is 1. The molecule has 2 heterocycles. The molecule has 3 rings (SSSR count). The Morgan fingerprint density at radius 2 is 2.00 bits per heavy atom. The predicted octanol–water partition coefficient (Wildman–Crippen LogP) is 3.81. The number of nitrogens with zero attached hydrogens (tertiary/aromatic N) is 2. The number of hydrogen-bond acceptors (Lipinski definition) is 4. The van der Waals surface area contributed by atoms with Gasteiger partial charge in [0.25, 0.3) is 0 Å². The summed E-state index contributed by atoms with van der Waals surface area (Å²) in [5, 5.41) is 10.5. The van der Waals surface area contributed by atoms with Gasteiger partial charge in [0.15, 0.2) is 0 Å². The molecule has 2 aromatic heterocycles. The van der Waals surface area contributed by atoms with Crippen molar-refractivity contribution in [2.24, 2.45) is 0 Å². The van der Waals surface area contributed by atoms with Crippen LogP contribution in [0.4, 0.5) is 4.39 Å². The van der Waals surface area contributed by atoms with Crippen molar-refractivity contribution in [3.63, 3.8) is 0 Å². The van der Waals surface area contributed by atoms with E-state index in [1.807, 2.05) is 13.8 Å². The van der Waals surface area contributed by atoms with E-state index in [4.69, 9.17) is 0 Å². The van der Waals surface area contributed by atoms with Crippen LogP contribution in [0.2, 0.25) is 0 Å². The lowest BCUT2D eigenvalue weighted by Crippen LogP contribution is -2.00. The average molecular weight is 302 g/mol. The number of halogens is 1. The third kappa shape index (κ3) is 2.38. The number of rotatable bonds is 2. The molecule has 0 saturated carbocycles. The predicted molar refractivity (Wildman–Crippen MR) is 79.2 cm³/mol. The van der Waals surface area contributed by atoms with E-state index >= 15 is 0 Å². The van der Waals surface area contributed by atoms with E-state index in [9.17, 15) is 14.3 Å². The minimum Gasteiger partial charge on any atom is -0.478 e. The van der Waals surface area contributed by atoms with Gasteiger partial charge >= 0.3 is 5.97 Å². The molecule has 0 aliphatic rings. The summed E-state index contributed by atoms with van der Waals surface area (Å²) in [6.07, 6.45) is 0. The Balaban J connectivity index is 2.33. The molecule has 6 heteroatoms. The highest BCUT2D eigenvalue weighted by atomic mass is 32.1. The summed E-state index contributed by atoms with van der Waals surface area (Å²) in [5.74, 6) is -1.59. The number of aromatic carboxylic acids is 1. The summed E-state index contributed by atoms with van der Waals surface area (Å²) in [7, 11) is 0. The third-order valence-electron chi connectivity index (χ3n) is 3.14. The Kier molecular flexibility index (Phi) is 3.17. The van der Waals surface area contributed by atoms with E-state index in [0.29, 0.717) is 16.6 Å². The SMILES string of the molecule is Cc1nc(C)c(-c2cc(C(=O)O)c3cc(F)ccc3n2)s1. The lowest BCUT2D eigenvalue weighted by Gasteiger charge is -2.06. The molecule has 0 aliphatic carbocycles. The summed E-state index contributed by atoms with van der Waals surface area (Å²) >= 11 is 1.46. The normalized spacial score (nSPS) is 11.0. The van der Waals surface area contributed by atoms with Gasteiger partial charge < -0.3 is 5.11 Å². The van der Waals surface area contributed by atoms with Crippen LogP contribution in [0.3, 0.4) is 0 Å². The van der Waals surface area contributed by atoms with Crippen molar-refractivity contribution >= 4 is 28.2 Å². The average Bonchev–Trinajstić information content (AvgIpc) is 2.76. The standard InChI is InChI=1S/C15H11FN2O2S/c1-7-14(21-8(2)17-7)13-6-11(15(19)20)10-5-9(16)3-4-12(10)18-13/h3-6H,1-2H3,(H,19,20). The van der Waals surface area contributed by atoms with E-state index < -0.39 is 11.8 Å². The number of aryl methyl sites for hydroxylation is 2. The summed E-state index contributed by atoms with van der Waals surface area (Å²) in [6.45, 7) is 3.74. The topological polar surface area (TPSA) is 63.1 Å². The fourth-order valence-corrected chi connectivity index (χ4v) is 3.14. The van der Waals surface area contributed by atoms with Crippen molar-refractivity contribution in [3.8, 4) is 10.6 Å². The number of hydrogen-bond donors (Lipinski definition) is 1. The molecule has 106 valence electrons. The molecule has 1 aromatic carbocycles. The van der Waals surface area contributed by atoms with E-state index in [2.05, 4.69) is 9.97 Å². The van der Waals surface area contributed by atoms with Crippen LogP contribution in [0.1, 0.15) is 21.1 Å². The van der Waals surface area contributed by atoms with Crippen molar-refractivity contribution in [2.75, 3.05) is 0 Å². The first-order valence-electron chi connectivity index (χ1n) is 6.23.